The van der Waals surface area contributed by atoms with Crippen molar-refractivity contribution in [3.8, 4) is 0 Å². The summed E-state index contributed by atoms with van der Waals surface area (Å²) in [6, 6.07) is 49.1. The molecule has 0 fully saturated rings. The van der Waals surface area contributed by atoms with Gasteiger partial charge in [-0.25, -0.2) is 5.84 Å². The summed E-state index contributed by atoms with van der Waals surface area (Å²) in [4.78, 5) is 27.3. The Bertz CT molecular complexity index is 1510. The molecule has 5 nitrogen and oxygen atoms in total. The van der Waals surface area contributed by atoms with Crippen molar-refractivity contribution in [2.45, 2.75) is 0 Å². The highest BCUT2D eigenvalue weighted by Gasteiger charge is 2.52. The van der Waals surface area contributed by atoms with E-state index < -0.39 is 19.1 Å². The summed E-state index contributed by atoms with van der Waals surface area (Å²) in [5.41, 5.74) is 3.64. The van der Waals surface area contributed by atoms with Gasteiger partial charge < -0.3 is 5.32 Å². The average molecular weight is 543 g/mol. The molecule has 5 aromatic carbocycles. The minimum Gasteiger partial charge on any atom is -0.314 e. The zero-order valence-electron chi connectivity index (χ0n) is 21.8. The molecule has 0 saturated heterocycles. The lowest BCUT2D eigenvalue weighted by Crippen LogP contribution is -2.41. The number of benzene rings is 5. The van der Waals surface area contributed by atoms with Gasteiger partial charge in [0.2, 0.25) is 0 Å². The Morgan fingerprint density at radius 2 is 0.850 bits per heavy atom. The topological polar surface area (TPSA) is 84.2 Å². The molecule has 196 valence electrons. The first kappa shape index (κ1) is 26.8. The lowest BCUT2D eigenvalue weighted by atomic mass is 10.1. The van der Waals surface area contributed by atoms with Gasteiger partial charge in [-0.1, -0.05) is 103 Å². The van der Waals surface area contributed by atoms with Crippen LogP contribution in [0.1, 0.15) is 15.9 Å². The van der Waals surface area contributed by atoms with Crippen molar-refractivity contribution in [2.75, 3.05) is 0 Å². The third-order valence-electron chi connectivity index (χ3n) is 6.68. The van der Waals surface area contributed by atoms with E-state index in [9.17, 15) is 9.59 Å². The summed E-state index contributed by atoms with van der Waals surface area (Å²) in [6.07, 6.45) is 0. The van der Waals surface area contributed by atoms with Gasteiger partial charge in [-0.3, -0.25) is 15.0 Å². The van der Waals surface area contributed by atoms with E-state index in [4.69, 9.17) is 5.84 Å². The molecule has 4 N–H and O–H groups in total. The van der Waals surface area contributed by atoms with Crippen LogP contribution in [-0.2, 0) is 4.79 Å². The first-order valence-electron chi connectivity index (χ1n) is 12.9. The molecule has 0 aromatic heterocycles. The van der Waals surface area contributed by atoms with Crippen molar-refractivity contribution < 1.29 is 9.59 Å². The van der Waals surface area contributed by atoms with Crippen molar-refractivity contribution in [2.24, 2.45) is 5.84 Å². The van der Waals surface area contributed by atoms with Crippen LogP contribution in [0, 0.1) is 0 Å². The van der Waals surface area contributed by atoms with Crippen LogP contribution < -0.4 is 32.5 Å². The molecule has 0 atom stereocenters. The van der Waals surface area contributed by atoms with Crippen molar-refractivity contribution in [3.63, 3.8) is 0 Å². The van der Waals surface area contributed by atoms with Gasteiger partial charge in [0.1, 0.15) is 28.5 Å². The lowest BCUT2D eigenvalue weighted by molar-refractivity contribution is -0.117. The van der Waals surface area contributed by atoms with Crippen LogP contribution in [0.15, 0.2) is 157 Å². The predicted octanol–water partition coefficient (Wildman–Crippen LogP) is 4.77. The number of hydrazine groups is 1. The number of nitrogens with one attached hydrogen (secondary N) is 2. The molecule has 0 unspecified atom stereocenters. The molecule has 0 bridgehead atoms. The second-order valence-corrected chi connectivity index (χ2v) is 12.4. The fourth-order valence-corrected chi connectivity index (χ4v) is 9.52. The second-order valence-electron chi connectivity index (χ2n) is 9.06. The van der Waals surface area contributed by atoms with E-state index >= 15 is 0 Å². The number of rotatable bonds is 8. The minimum absolute atomic E-state index is 0.104. The van der Waals surface area contributed by atoms with Gasteiger partial charge in [0, 0.05) is 11.1 Å². The molecule has 0 aliphatic rings. The molecule has 0 aliphatic carbocycles. The predicted molar refractivity (Wildman–Crippen MR) is 165 cm³/mol. The zero-order valence-corrected chi connectivity index (χ0v) is 22.7. The van der Waals surface area contributed by atoms with Crippen LogP contribution in [0.3, 0.4) is 0 Å². The van der Waals surface area contributed by atoms with Crippen molar-refractivity contribution in [1.29, 1.82) is 0 Å². The monoisotopic (exact) mass is 542 g/mol. The molecule has 6 heteroatoms. The minimum atomic E-state index is -2.81. The maximum absolute atomic E-state index is 13.7. The highest BCUT2D eigenvalue weighted by Crippen LogP contribution is 2.67. The Balaban J connectivity index is 1.96. The molecule has 2 amide bonds. The van der Waals surface area contributed by atoms with Gasteiger partial charge in [-0.05, 0) is 48.5 Å². The van der Waals surface area contributed by atoms with Crippen LogP contribution in [-0.4, -0.2) is 11.8 Å². The first-order chi connectivity index (χ1) is 19.7. The molecule has 0 spiro atoms. The van der Waals surface area contributed by atoms with Crippen molar-refractivity contribution >= 4 is 40.3 Å². The first-order valence-corrected chi connectivity index (χ1v) is 14.7. The van der Waals surface area contributed by atoms with E-state index in [1.807, 2.05) is 91.0 Å². The molecule has 0 aliphatic heterocycles. The molecule has 0 saturated carbocycles. The van der Waals surface area contributed by atoms with Crippen LogP contribution in [0.4, 0.5) is 0 Å². The Hall–Kier alpha value is -4.83. The van der Waals surface area contributed by atoms with Crippen molar-refractivity contribution in [3.05, 3.63) is 168 Å². The summed E-state index contributed by atoms with van der Waals surface area (Å²) in [6.45, 7) is 0. The quantitative estimate of drug-likeness (QED) is 0.0869. The number of hydrogen-bond donors (Lipinski definition) is 3. The van der Waals surface area contributed by atoms with Gasteiger partial charge in [0.05, 0.1) is 0 Å². The Labute approximate surface area is 234 Å². The number of carbonyl (C=O) groups excluding carboxylic acids is 2. The summed E-state index contributed by atoms with van der Waals surface area (Å²) in [5, 5.41) is 6.76. The van der Waals surface area contributed by atoms with Crippen molar-refractivity contribution in [1.82, 2.24) is 10.7 Å². The molecule has 0 heterocycles. The van der Waals surface area contributed by atoms with Crippen LogP contribution in [0.25, 0.3) is 5.31 Å². The standard InChI is InChI=1S/C34H28N3O2P/c35-37-34(39)31(36-33(38)27-18-8-2-9-19-27)32(26-16-6-1-7-17-26)40(28-20-10-3-11-21-28,29-22-12-4-13-23-29)30-24-14-5-15-25-30/h1-25H,35H2,(H-,36,37,38,39)/p+1. The van der Waals surface area contributed by atoms with Gasteiger partial charge in [0.15, 0.2) is 5.70 Å². The van der Waals surface area contributed by atoms with E-state index in [0.29, 0.717) is 10.9 Å². The van der Waals surface area contributed by atoms with E-state index in [1.54, 1.807) is 24.3 Å². The van der Waals surface area contributed by atoms with Crippen LogP contribution in [0.2, 0.25) is 0 Å². The van der Waals surface area contributed by atoms with E-state index in [-0.39, 0.29) is 5.70 Å². The summed E-state index contributed by atoms with van der Waals surface area (Å²) in [7, 11) is -2.81. The number of carbonyl (C=O) groups is 2. The molecule has 5 rings (SSSR count). The molecule has 40 heavy (non-hydrogen) atoms. The Kier molecular flexibility index (Phi) is 8.26. The fraction of sp³-hybridized carbons (Fsp3) is 0. The highest BCUT2D eigenvalue weighted by atomic mass is 31.2. The average Bonchev–Trinajstić information content (AvgIpc) is 3.04. The third-order valence-corrected chi connectivity index (χ3v) is 11.1. The second kappa shape index (κ2) is 12.4. The van der Waals surface area contributed by atoms with Gasteiger partial charge in [-0.15, -0.1) is 0 Å². The normalized spacial score (nSPS) is 11.7. The maximum atomic E-state index is 13.7. The number of amides is 2. The lowest BCUT2D eigenvalue weighted by Gasteiger charge is -2.31. The molecular weight excluding hydrogens is 513 g/mol. The SMILES string of the molecule is NNC(=O)C(NC(=O)c1ccccc1)=C(c1ccccc1)[P+](c1ccccc1)(c1ccccc1)c1ccccc1. The molecule has 5 aromatic rings. The summed E-state index contributed by atoms with van der Waals surface area (Å²) < 4.78 is 0. The summed E-state index contributed by atoms with van der Waals surface area (Å²) in [5.74, 6) is 4.80. The zero-order chi connectivity index (χ0) is 27.8. The van der Waals surface area contributed by atoms with E-state index in [2.05, 4.69) is 47.1 Å². The number of nitrogens with two attached hydrogens (primary N) is 1. The van der Waals surface area contributed by atoms with Crippen LogP contribution >= 0.6 is 7.26 Å². The maximum Gasteiger partial charge on any atom is 0.285 e. The van der Waals surface area contributed by atoms with Gasteiger partial charge in [-0.2, -0.15) is 0 Å². The summed E-state index contributed by atoms with van der Waals surface area (Å²) >= 11 is 0. The smallest absolute Gasteiger partial charge is 0.285 e. The fourth-order valence-electron chi connectivity index (χ4n) is 4.96. The number of hydrogen-bond acceptors (Lipinski definition) is 3. The highest BCUT2D eigenvalue weighted by molar-refractivity contribution is 8.03. The molecular formula is C34H29N3O2P+. The molecule has 0 radical (unpaired) electrons. The Morgan fingerprint density at radius 3 is 1.23 bits per heavy atom. The van der Waals surface area contributed by atoms with Gasteiger partial charge in [0.25, 0.3) is 11.8 Å². The Morgan fingerprint density at radius 1 is 0.500 bits per heavy atom. The van der Waals surface area contributed by atoms with E-state index in [0.717, 1.165) is 21.5 Å². The third kappa shape index (κ3) is 5.21. The van der Waals surface area contributed by atoms with E-state index in [1.165, 1.54) is 0 Å². The van der Waals surface area contributed by atoms with Gasteiger partial charge >= 0.3 is 0 Å². The van der Waals surface area contributed by atoms with Crippen LogP contribution in [0.5, 0.6) is 0 Å². The largest absolute Gasteiger partial charge is 0.314 e.